The van der Waals surface area contributed by atoms with E-state index in [2.05, 4.69) is 20.6 Å². The van der Waals surface area contributed by atoms with Gasteiger partial charge in [-0.05, 0) is 37.1 Å². The van der Waals surface area contributed by atoms with Crippen LogP contribution in [0.4, 0.5) is 11.4 Å². The summed E-state index contributed by atoms with van der Waals surface area (Å²) in [4.78, 5) is 52.4. The number of carbonyl (C=O) groups is 2. The van der Waals surface area contributed by atoms with Crippen LogP contribution in [0.1, 0.15) is 41.0 Å². The second-order valence-electron chi connectivity index (χ2n) is 8.22. The maximum absolute atomic E-state index is 13.6. The molecule has 10 nitrogen and oxygen atoms in total. The van der Waals surface area contributed by atoms with Crippen molar-refractivity contribution >= 4 is 34.3 Å². The Labute approximate surface area is 213 Å². The van der Waals surface area contributed by atoms with E-state index in [1.807, 2.05) is 42.5 Å². The van der Waals surface area contributed by atoms with Gasteiger partial charge < -0.3 is 20.2 Å². The summed E-state index contributed by atoms with van der Waals surface area (Å²) >= 11 is 0. The highest BCUT2D eigenvalue weighted by atomic mass is 16.7. The van der Waals surface area contributed by atoms with Crippen molar-refractivity contribution < 1.29 is 19.2 Å². The first-order valence-corrected chi connectivity index (χ1v) is 11.7. The maximum Gasteiger partial charge on any atom is 0.346 e. The van der Waals surface area contributed by atoms with Gasteiger partial charge in [0.25, 0.3) is 0 Å². The Morgan fingerprint density at radius 2 is 1.73 bits per heavy atom. The molecule has 10 heteroatoms. The van der Waals surface area contributed by atoms with Crippen LogP contribution in [0.25, 0.3) is 11.0 Å². The van der Waals surface area contributed by atoms with E-state index in [1.165, 1.54) is 13.3 Å². The molecule has 2 aromatic heterocycles. The number of fused-ring (bicyclic) bond motifs is 1. The molecule has 0 bridgehead atoms. The van der Waals surface area contributed by atoms with Crippen molar-refractivity contribution in [2.45, 2.75) is 33.9 Å². The molecule has 2 N–H and O–H groups in total. The molecule has 0 saturated carbocycles. The van der Waals surface area contributed by atoms with Gasteiger partial charge in [-0.1, -0.05) is 42.5 Å². The number of hydrogen-bond acceptors (Lipinski definition) is 8. The summed E-state index contributed by atoms with van der Waals surface area (Å²) in [6.07, 6.45) is 1.34. The van der Waals surface area contributed by atoms with Crippen LogP contribution in [0.5, 0.6) is 0 Å². The molecular weight excluding hydrogens is 474 g/mol. The summed E-state index contributed by atoms with van der Waals surface area (Å²) in [5.41, 5.74) is 2.52. The van der Waals surface area contributed by atoms with Gasteiger partial charge in [-0.2, -0.15) is 0 Å². The third-order valence-electron chi connectivity index (χ3n) is 5.53. The number of carbonyl (C=O) groups excluding carboxylic acids is 2. The monoisotopic (exact) mass is 501 g/mol. The van der Waals surface area contributed by atoms with Gasteiger partial charge in [0.15, 0.2) is 11.2 Å². The molecule has 1 amide bonds. The summed E-state index contributed by atoms with van der Waals surface area (Å²) in [7, 11) is 0. The predicted octanol–water partition coefficient (Wildman–Crippen LogP) is 3.48. The molecule has 4 aromatic rings. The van der Waals surface area contributed by atoms with Crippen LogP contribution in [0.15, 0.2) is 65.7 Å². The fourth-order valence-corrected chi connectivity index (χ4v) is 3.84. The molecular formula is C27H27N5O5. The van der Waals surface area contributed by atoms with E-state index in [0.29, 0.717) is 16.8 Å². The molecule has 2 heterocycles. The Morgan fingerprint density at radius 3 is 2.41 bits per heavy atom. The van der Waals surface area contributed by atoms with Crippen LogP contribution < -0.4 is 21.0 Å². The average molecular weight is 502 g/mol. The lowest BCUT2D eigenvalue weighted by molar-refractivity contribution is -0.114. The number of esters is 1. The first-order chi connectivity index (χ1) is 17.9. The molecule has 0 atom stereocenters. The van der Waals surface area contributed by atoms with Crippen molar-refractivity contribution in [2.24, 2.45) is 0 Å². The van der Waals surface area contributed by atoms with Crippen LogP contribution in [0, 0.1) is 6.92 Å². The number of rotatable bonds is 9. The second kappa shape index (κ2) is 11.3. The van der Waals surface area contributed by atoms with Gasteiger partial charge >= 0.3 is 11.5 Å². The Kier molecular flexibility index (Phi) is 7.77. The van der Waals surface area contributed by atoms with Crippen molar-refractivity contribution in [1.82, 2.24) is 14.7 Å². The molecule has 0 aliphatic carbocycles. The fourth-order valence-electron chi connectivity index (χ4n) is 3.84. The first-order valence-electron chi connectivity index (χ1n) is 11.7. The summed E-state index contributed by atoms with van der Waals surface area (Å²) in [5, 5.41) is 6.40. The number of pyridine rings is 1. The third-order valence-corrected chi connectivity index (χ3v) is 5.53. The van der Waals surface area contributed by atoms with E-state index >= 15 is 0 Å². The lowest BCUT2D eigenvalue weighted by Crippen LogP contribution is -2.34. The molecule has 0 aliphatic rings. The Bertz CT molecular complexity index is 1480. The lowest BCUT2D eigenvalue weighted by Gasteiger charge is -2.19. The van der Waals surface area contributed by atoms with Gasteiger partial charge in [-0.15, -0.1) is 4.73 Å². The molecule has 0 radical (unpaired) electrons. The fraction of sp³-hybridized carbons (Fsp3) is 0.222. The van der Waals surface area contributed by atoms with E-state index in [4.69, 9.17) is 9.57 Å². The predicted molar refractivity (Wildman–Crippen MR) is 139 cm³/mol. The van der Waals surface area contributed by atoms with Gasteiger partial charge in [0.1, 0.15) is 12.9 Å². The number of anilines is 2. The zero-order chi connectivity index (χ0) is 26.4. The number of aromatic nitrogens is 3. The minimum absolute atomic E-state index is 0.0919. The van der Waals surface area contributed by atoms with Crippen LogP contribution >= 0.6 is 0 Å². The molecule has 190 valence electrons. The summed E-state index contributed by atoms with van der Waals surface area (Å²) < 4.78 is 6.26. The van der Waals surface area contributed by atoms with E-state index in [1.54, 1.807) is 26.0 Å². The van der Waals surface area contributed by atoms with Gasteiger partial charge in [0.05, 0.1) is 23.4 Å². The van der Waals surface area contributed by atoms with Crippen molar-refractivity contribution in [1.29, 1.82) is 0 Å². The number of ether oxygens (including phenoxy) is 1. The molecule has 2 aromatic carbocycles. The topological polar surface area (TPSA) is 124 Å². The largest absolute Gasteiger partial charge is 0.462 e. The number of aryl methyl sites for hydroxylation is 1. The Balaban J connectivity index is 1.77. The summed E-state index contributed by atoms with van der Waals surface area (Å²) in [6, 6.07) is 16.6. The van der Waals surface area contributed by atoms with Gasteiger partial charge in [0.2, 0.25) is 5.91 Å². The molecule has 4 rings (SSSR count). The van der Waals surface area contributed by atoms with Crippen LogP contribution in [0.3, 0.4) is 0 Å². The standard InChI is InChI=1S/C27H27N5O5/c1-4-36-27(35)23-24(28-14-19-10-12-21(13-11-19)31-18(3)33)22-17(2)29-16-30-25(22)32(26(23)34)37-15-20-8-6-5-7-9-20/h5-13,16,28H,4,14-15H2,1-3H3,(H,31,33). The highest BCUT2D eigenvalue weighted by Gasteiger charge is 2.26. The number of nitrogens with zero attached hydrogens (tertiary/aromatic N) is 3. The van der Waals surface area contributed by atoms with Crippen LogP contribution in [-0.4, -0.2) is 33.2 Å². The Morgan fingerprint density at radius 1 is 1.00 bits per heavy atom. The third kappa shape index (κ3) is 5.75. The van der Waals surface area contributed by atoms with Crippen molar-refractivity contribution in [3.05, 3.63) is 93.7 Å². The smallest absolute Gasteiger partial charge is 0.346 e. The summed E-state index contributed by atoms with van der Waals surface area (Å²) in [6.45, 7) is 5.34. The van der Waals surface area contributed by atoms with Gasteiger partial charge in [0, 0.05) is 19.2 Å². The van der Waals surface area contributed by atoms with E-state index < -0.39 is 11.5 Å². The molecule has 0 unspecified atom stereocenters. The second-order valence-corrected chi connectivity index (χ2v) is 8.22. The minimum atomic E-state index is -0.779. The molecule has 0 spiro atoms. The lowest BCUT2D eigenvalue weighted by atomic mass is 10.1. The van der Waals surface area contributed by atoms with Gasteiger partial charge in [-0.3, -0.25) is 9.59 Å². The summed E-state index contributed by atoms with van der Waals surface area (Å²) in [5.74, 6) is -0.944. The number of nitrogens with one attached hydrogen (secondary N) is 2. The zero-order valence-electron chi connectivity index (χ0n) is 20.8. The van der Waals surface area contributed by atoms with Gasteiger partial charge in [-0.25, -0.2) is 14.8 Å². The first kappa shape index (κ1) is 25.4. The van der Waals surface area contributed by atoms with E-state index in [9.17, 15) is 14.4 Å². The highest BCUT2D eigenvalue weighted by Crippen LogP contribution is 2.27. The number of benzene rings is 2. The van der Waals surface area contributed by atoms with Crippen LogP contribution in [0.2, 0.25) is 0 Å². The molecule has 0 saturated heterocycles. The SMILES string of the molecule is CCOC(=O)c1c(NCc2ccc(NC(C)=O)cc2)c2c(C)ncnc2n(OCc2ccccc2)c1=O. The van der Waals surface area contributed by atoms with Crippen molar-refractivity contribution in [2.75, 3.05) is 17.2 Å². The Hall–Kier alpha value is -4.73. The minimum Gasteiger partial charge on any atom is -0.462 e. The van der Waals surface area contributed by atoms with E-state index in [0.717, 1.165) is 15.9 Å². The molecule has 0 aliphatic heterocycles. The number of amides is 1. The van der Waals surface area contributed by atoms with Crippen molar-refractivity contribution in [3.8, 4) is 0 Å². The quantitative estimate of drug-likeness (QED) is 0.334. The maximum atomic E-state index is 13.6. The zero-order valence-corrected chi connectivity index (χ0v) is 20.8. The van der Waals surface area contributed by atoms with Crippen molar-refractivity contribution in [3.63, 3.8) is 0 Å². The van der Waals surface area contributed by atoms with E-state index in [-0.39, 0.29) is 42.6 Å². The molecule has 37 heavy (non-hydrogen) atoms. The highest BCUT2D eigenvalue weighted by molar-refractivity contribution is 6.05. The van der Waals surface area contributed by atoms with Crippen LogP contribution in [-0.2, 0) is 22.7 Å². The number of hydrogen-bond donors (Lipinski definition) is 2. The normalized spacial score (nSPS) is 10.7. The molecule has 0 fully saturated rings. The average Bonchev–Trinajstić information content (AvgIpc) is 2.88.